The Hall–Kier alpha value is -1.35. The van der Waals surface area contributed by atoms with Crippen LogP contribution in [0.2, 0.25) is 0 Å². The minimum atomic E-state index is -0.526. The standard InChI is InChI=1S/C17H25NO2/c1-17(2,3)14(19)11-18-16(20)15(13-9-10-13)12-7-5-4-6-8-12/h4-8,13-15,19H,9-11H2,1-3H3,(H,18,20). The van der Waals surface area contributed by atoms with Crippen LogP contribution in [0.25, 0.3) is 0 Å². The van der Waals surface area contributed by atoms with Crippen LogP contribution in [0.5, 0.6) is 0 Å². The molecule has 20 heavy (non-hydrogen) atoms. The fraction of sp³-hybridized carbons (Fsp3) is 0.588. The lowest BCUT2D eigenvalue weighted by Crippen LogP contribution is -2.41. The van der Waals surface area contributed by atoms with Crippen molar-refractivity contribution in [3.05, 3.63) is 35.9 Å². The third kappa shape index (κ3) is 3.83. The zero-order valence-electron chi connectivity index (χ0n) is 12.6. The minimum absolute atomic E-state index is 0.0435. The van der Waals surface area contributed by atoms with E-state index in [0.717, 1.165) is 18.4 Å². The second-order valence-corrected chi connectivity index (χ2v) is 6.85. The van der Waals surface area contributed by atoms with Gasteiger partial charge in [-0.05, 0) is 29.7 Å². The summed E-state index contributed by atoms with van der Waals surface area (Å²) < 4.78 is 0. The Morgan fingerprint density at radius 3 is 2.40 bits per heavy atom. The van der Waals surface area contributed by atoms with Gasteiger partial charge >= 0.3 is 0 Å². The average Bonchev–Trinajstić information content (AvgIpc) is 3.21. The molecular weight excluding hydrogens is 250 g/mol. The van der Waals surface area contributed by atoms with E-state index in [-0.39, 0.29) is 17.2 Å². The number of aliphatic hydroxyl groups excluding tert-OH is 1. The van der Waals surface area contributed by atoms with Gasteiger partial charge in [0.1, 0.15) is 0 Å². The third-order valence-corrected chi connectivity index (χ3v) is 4.00. The largest absolute Gasteiger partial charge is 0.391 e. The summed E-state index contributed by atoms with van der Waals surface area (Å²) in [5, 5.41) is 12.9. The fourth-order valence-corrected chi connectivity index (χ4v) is 2.34. The van der Waals surface area contributed by atoms with Gasteiger partial charge in [0.15, 0.2) is 0 Å². The van der Waals surface area contributed by atoms with Gasteiger partial charge in [0.05, 0.1) is 12.0 Å². The van der Waals surface area contributed by atoms with Crippen LogP contribution in [0.3, 0.4) is 0 Å². The Morgan fingerprint density at radius 1 is 1.30 bits per heavy atom. The lowest BCUT2D eigenvalue weighted by atomic mass is 9.88. The zero-order chi connectivity index (χ0) is 14.8. The third-order valence-electron chi connectivity index (χ3n) is 4.00. The molecule has 2 unspecified atom stereocenters. The SMILES string of the molecule is CC(C)(C)C(O)CNC(=O)C(c1ccccc1)C1CC1. The molecule has 1 fully saturated rings. The molecule has 1 aliphatic carbocycles. The molecule has 1 aliphatic rings. The Morgan fingerprint density at radius 2 is 1.90 bits per heavy atom. The van der Waals surface area contributed by atoms with Crippen molar-refractivity contribution < 1.29 is 9.90 Å². The first-order valence-electron chi connectivity index (χ1n) is 7.40. The summed E-state index contributed by atoms with van der Waals surface area (Å²) in [5.41, 5.74) is 0.868. The van der Waals surface area contributed by atoms with Gasteiger partial charge in [-0.1, -0.05) is 51.1 Å². The second kappa shape index (κ2) is 5.96. The first kappa shape index (κ1) is 15.0. The normalized spacial score (nSPS) is 18.4. The van der Waals surface area contributed by atoms with Gasteiger partial charge < -0.3 is 10.4 Å². The van der Waals surface area contributed by atoms with Gasteiger partial charge in [0.2, 0.25) is 5.91 Å². The number of amides is 1. The van der Waals surface area contributed by atoms with E-state index in [0.29, 0.717) is 12.5 Å². The van der Waals surface area contributed by atoms with E-state index < -0.39 is 6.10 Å². The molecule has 3 nitrogen and oxygen atoms in total. The Bertz CT molecular complexity index is 446. The summed E-state index contributed by atoms with van der Waals surface area (Å²) in [6, 6.07) is 9.95. The van der Waals surface area contributed by atoms with Crippen molar-refractivity contribution in [2.45, 2.75) is 45.6 Å². The summed E-state index contributed by atoms with van der Waals surface area (Å²) in [5.74, 6) is 0.439. The molecule has 0 heterocycles. The summed E-state index contributed by atoms with van der Waals surface area (Å²) >= 11 is 0. The van der Waals surface area contributed by atoms with Gasteiger partial charge in [-0.2, -0.15) is 0 Å². The van der Waals surface area contributed by atoms with Crippen LogP contribution < -0.4 is 5.32 Å². The molecule has 1 aromatic rings. The molecule has 1 aromatic carbocycles. The number of hydrogen-bond acceptors (Lipinski definition) is 2. The van der Waals surface area contributed by atoms with Crippen molar-refractivity contribution in [2.24, 2.45) is 11.3 Å². The van der Waals surface area contributed by atoms with Crippen molar-refractivity contribution in [2.75, 3.05) is 6.54 Å². The minimum Gasteiger partial charge on any atom is -0.391 e. The van der Waals surface area contributed by atoms with Crippen molar-refractivity contribution in [3.63, 3.8) is 0 Å². The maximum Gasteiger partial charge on any atom is 0.227 e. The number of rotatable bonds is 5. The molecule has 2 rings (SSSR count). The molecule has 1 saturated carbocycles. The van der Waals surface area contributed by atoms with Gasteiger partial charge in [-0.25, -0.2) is 0 Å². The van der Waals surface area contributed by atoms with Crippen LogP contribution in [-0.4, -0.2) is 23.7 Å². The van der Waals surface area contributed by atoms with E-state index in [1.54, 1.807) is 0 Å². The highest BCUT2D eigenvalue weighted by molar-refractivity contribution is 5.84. The first-order chi connectivity index (χ1) is 9.39. The van der Waals surface area contributed by atoms with Crippen LogP contribution in [0.4, 0.5) is 0 Å². The molecule has 110 valence electrons. The van der Waals surface area contributed by atoms with E-state index in [1.165, 1.54) is 0 Å². The first-order valence-corrected chi connectivity index (χ1v) is 7.40. The lowest BCUT2D eigenvalue weighted by Gasteiger charge is -2.27. The molecule has 0 aliphatic heterocycles. The smallest absolute Gasteiger partial charge is 0.227 e. The van der Waals surface area contributed by atoms with Gasteiger partial charge in [-0.3, -0.25) is 4.79 Å². The zero-order valence-corrected chi connectivity index (χ0v) is 12.6. The van der Waals surface area contributed by atoms with Gasteiger partial charge in [-0.15, -0.1) is 0 Å². The topological polar surface area (TPSA) is 49.3 Å². The van der Waals surface area contributed by atoms with Crippen LogP contribution in [0.1, 0.15) is 45.1 Å². The predicted octanol–water partition coefficient (Wildman–Crippen LogP) is 2.70. The summed E-state index contributed by atoms with van der Waals surface area (Å²) in [4.78, 5) is 12.4. The quantitative estimate of drug-likeness (QED) is 0.868. The molecule has 0 radical (unpaired) electrons. The maximum absolute atomic E-state index is 12.4. The molecule has 2 atom stereocenters. The molecule has 0 saturated heterocycles. The molecule has 3 heteroatoms. The Kier molecular flexibility index (Phi) is 4.48. The van der Waals surface area contributed by atoms with E-state index in [4.69, 9.17) is 0 Å². The van der Waals surface area contributed by atoms with Crippen LogP contribution >= 0.6 is 0 Å². The Labute approximate surface area is 121 Å². The number of hydrogen-bond donors (Lipinski definition) is 2. The lowest BCUT2D eigenvalue weighted by molar-refractivity contribution is -0.123. The van der Waals surface area contributed by atoms with E-state index in [9.17, 15) is 9.90 Å². The van der Waals surface area contributed by atoms with Crippen molar-refractivity contribution in [3.8, 4) is 0 Å². The summed E-state index contributed by atoms with van der Waals surface area (Å²) in [6.07, 6.45) is 1.71. The molecule has 0 aromatic heterocycles. The van der Waals surface area contributed by atoms with E-state index in [2.05, 4.69) is 5.32 Å². The number of benzene rings is 1. The van der Waals surface area contributed by atoms with Crippen molar-refractivity contribution in [1.82, 2.24) is 5.32 Å². The van der Waals surface area contributed by atoms with E-state index in [1.807, 2.05) is 51.1 Å². The summed E-state index contributed by atoms with van der Waals surface area (Å²) in [6.45, 7) is 6.23. The predicted molar refractivity (Wildman–Crippen MR) is 80.4 cm³/mol. The highest BCUT2D eigenvalue weighted by Gasteiger charge is 2.37. The van der Waals surface area contributed by atoms with Gasteiger partial charge in [0, 0.05) is 6.54 Å². The van der Waals surface area contributed by atoms with E-state index >= 15 is 0 Å². The van der Waals surface area contributed by atoms with Crippen molar-refractivity contribution in [1.29, 1.82) is 0 Å². The monoisotopic (exact) mass is 275 g/mol. The number of carbonyl (C=O) groups excluding carboxylic acids is 1. The second-order valence-electron chi connectivity index (χ2n) is 6.85. The highest BCUT2D eigenvalue weighted by Crippen LogP contribution is 2.42. The maximum atomic E-state index is 12.4. The van der Waals surface area contributed by atoms with Crippen LogP contribution in [-0.2, 0) is 4.79 Å². The molecular formula is C17H25NO2. The Balaban J connectivity index is 1.99. The van der Waals surface area contributed by atoms with Crippen LogP contribution in [0.15, 0.2) is 30.3 Å². The fourth-order valence-electron chi connectivity index (χ4n) is 2.34. The average molecular weight is 275 g/mol. The summed E-state index contributed by atoms with van der Waals surface area (Å²) in [7, 11) is 0. The van der Waals surface area contributed by atoms with Crippen molar-refractivity contribution >= 4 is 5.91 Å². The molecule has 2 N–H and O–H groups in total. The number of aliphatic hydroxyl groups is 1. The highest BCUT2D eigenvalue weighted by atomic mass is 16.3. The van der Waals surface area contributed by atoms with Gasteiger partial charge in [0.25, 0.3) is 0 Å². The molecule has 0 bridgehead atoms. The molecule has 0 spiro atoms. The molecule has 1 amide bonds. The number of nitrogens with one attached hydrogen (secondary N) is 1. The number of carbonyl (C=O) groups is 1. The van der Waals surface area contributed by atoms with Crippen LogP contribution in [0, 0.1) is 11.3 Å².